The van der Waals surface area contributed by atoms with Crippen LogP contribution in [0.3, 0.4) is 0 Å². The van der Waals surface area contributed by atoms with E-state index in [0.717, 1.165) is 5.56 Å². The summed E-state index contributed by atoms with van der Waals surface area (Å²) in [5.41, 5.74) is 2.36. The Morgan fingerprint density at radius 2 is 1.29 bits per heavy atom. The summed E-state index contributed by atoms with van der Waals surface area (Å²) in [4.78, 5) is 0.376. The minimum atomic E-state index is -2.41. The summed E-state index contributed by atoms with van der Waals surface area (Å²) in [6, 6.07) is 17.6. The van der Waals surface area contributed by atoms with E-state index in [1.54, 1.807) is 24.3 Å². The number of rotatable bonds is 1. The van der Waals surface area contributed by atoms with Crippen LogP contribution in [0.4, 0.5) is 0 Å². The van der Waals surface area contributed by atoms with E-state index in [2.05, 4.69) is 13.0 Å². The third kappa shape index (κ3) is 5.31. The molecule has 17 heavy (non-hydrogen) atoms. The summed E-state index contributed by atoms with van der Waals surface area (Å²) in [5, 5.41) is 0. The molecule has 0 bridgehead atoms. The van der Waals surface area contributed by atoms with Gasteiger partial charge in [0.25, 0.3) is 0 Å². The first-order valence-electron chi connectivity index (χ1n) is 5.23. The fraction of sp³-hybridized carbons (Fsp3) is 0.143. The van der Waals surface area contributed by atoms with Gasteiger partial charge in [-0.2, -0.15) is 0 Å². The molecule has 0 aliphatic carbocycles. The SMILES string of the molecule is Cc1cc[c]cc1.Cc1ccc([SH](=O)=O)cc1. The Labute approximate surface area is 104 Å². The third-order valence-electron chi connectivity index (χ3n) is 2.13. The minimum Gasteiger partial charge on any atom is -0.227 e. The molecule has 0 aliphatic heterocycles. The quantitative estimate of drug-likeness (QED) is 0.786. The first-order valence-corrected chi connectivity index (χ1v) is 6.41. The zero-order chi connectivity index (χ0) is 12.7. The maximum Gasteiger partial charge on any atom is 0.168 e. The van der Waals surface area contributed by atoms with Crippen LogP contribution in [0.15, 0.2) is 53.4 Å². The Bertz CT molecular complexity index is 506. The van der Waals surface area contributed by atoms with Crippen molar-refractivity contribution in [3.05, 3.63) is 65.7 Å². The van der Waals surface area contributed by atoms with Gasteiger partial charge in [0.15, 0.2) is 10.7 Å². The molecule has 3 heteroatoms. The molecule has 0 spiro atoms. The Hall–Kier alpha value is -1.61. The zero-order valence-electron chi connectivity index (χ0n) is 9.88. The van der Waals surface area contributed by atoms with E-state index in [0.29, 0.717) is 4.90 Å². The van der Waals surface area contributed by atoms with Crippen molar-refractivity contribution in [1.29, 1.82) is 0 Å². The highest BCUT2D eigenvalue weighted by Crippen LogP contribution is 2.02. The maximum absolute atomic E-state index is 10.3. The van der Waals surface area contributed by atoms with Crippen LogP contribution in [0.2, 0.25) is 0 Å². The van der Waals surface area contributed by atoms with Gasteiger partial charge in [-0.15, -0.1) is 0 Å². The summed E-state index contributed by atoms with van der Waals surface area (Å²) < 4.78 is 20.7. The van der Waals surface area contributed by atoms with E-state index < -0.39 is 10.7 Å². The molecule has 0 aliphatic rings. The molecular formula is C14H15O2S. The second-order valence-corrected chi connectivity index (χ2v) is 4.70. The lowest BCUT2D eigenvalue weighted by Crippen LogP contribution is -1.78. The summed E-state index contributed by atoms with van der Waals surface area (Å²) >= 11 is 0. The molecule has 0 amide bonds. The van der Waals surface area contributed by atoms with Gasteiger partial charge in [-0.25, -0.2) is 8.42 Å². The van der Waals surface area contributed by atoms with Crippen LogP contribution >= 0.6 is 0 Å². The fourth-order valence-corrected chi connectivity index (χ4v) is 1.53. The highest BCUT2D eigenvalue weighted by Gasteiger charge is 1.90. The average Bonchev–Trinajstić information content (AvgIpc) is 2.31. The molecule has 0 fully saturated rings. The molecule has 0 saturated heterocycles. The van der Waals surface area contributed by atoms with Gasteiger partial charge in [-0.05, 0) is 32.0 Å². The van der Waals surface area contributed by atoms with E-state index in [1.165, 1.54) is 5.56 Å². The molecule has 1 radical (unpaired) electrons. The van der Waals surface area contributed by atoms with Crippen molar-refractivity contribution in [2.24, 2.45) is 0 Å². The van der Waals surface area contributed by atoms with Crippen LogP contribution in [-0.4, -0.2) is 8.42 Å². The van der Waals surface area contributed by atoms with Gasteiger partial charge in [0.05, 0.1) is 4.90 Å². The predicted octanol–water partition coefficient (Wildman–Crippen LogP) is 2.76. The standard InChI is InChI=1S/C7H8O2S.C7H7/c1-6-2-4-7(5-3-6)10(8)9;1-7-5-3-2-4-6-7/h2-5,10H,1H3;3-6H,1H3. The van der Waals surface area contributed by atoms with E-state index in [4.69, 9.17) is 0 Å². The highest BCUT2D eigenvalue weighted by molar-refractivity contribution is 7.72. The molecule has 0 heterocycles. The Morgan fingerprint density at radius 3 is 1.65 bits per heavy atom. The second kappa shape index (κ2) is 6.86. The lowest BCUT2D eigenvalue weighted by molar-refractivity contribution is 0.614. The van der Waals surface area contributed by atoms with Crippen molar-refractivity contribution < 1.29 is 8.42 Å². The monoisotopic (exact) mass is 247 g/mol. The normalized spacial score (nSPS) is 9.59. The third-order valence-corrected chi connectivity index (χ3v) is 2.85. The fourth-order valence-electron chi connectivity index (χ4n) is 1.14. The summed E-state index contributed by atoms with van der Waals surface area (Å²) in [5.74, 6) is 0. The lowest BCUT2D eigenvalue weighted by atomic mass is 10.2. The number of hydrogen-bond acceptors (Lipinski definition) is 2. The van der Waals surface area contributed by atoms with Crippen molar-refractivity contribution in [3.63, 3.8) is 0 Å². The minimum absolute atomic E-state index is 0.376. The summed E-state index contributed by atoms with van der Waals surface area (Å²) in [6.07, 6.45) is 0. The smallest absolute Gasteiger partial charge is 0.168 e. The topological polar surface area (TPSA) is 34.1 Å². The second-order valence-electron chi connectivity index (χ2n) is 3.67. The molecule has 0 N–H and O–H groups in total. The van der Waals surface area contributed by atoms with E-state index >= 15 is 0 Å². The van der Waals surface area contributed by atoms with Crippen LogP contribution in [0, 0.1) is 19.9 Å². The molecule has 0 aromatic heterocycles. The molecule has 2 rings (SSSR count). The van der Waals surface area contributed by atoms with Crippen LogP contribution < -0.4 is 0 Å². The maximum atomic E-state index is 10.3. The number of thiol groups is 1. The molecule has 2 aromatic carbocycles. The Kier molecular flexibility index (Phi) is 5.43. The number of benzene rings is 2. The van der Waals surface area contributed by atoms with Crippen LogP contribution in [-0.2, 0) is 10.7 Å². The zero-order valence-corrected chi connectivity index (χ0v) is 10.8. The van der Waals surface area contributed by atoms with Gasteiger partial charge in [0.2, 0.25) is 0 Å². The van der Waals surface area contributed by atoms with E-state index in [9.17, 15) is 8.42 Å². The first kappa shape index (κ1) is 13.5. The van der Waals surface area contributed by atoms with Gasteiger partial charge < -0.3 is 0 Å². The first-order chi connectivity index (χ1) is 8.09. The van der Waals surface area contributed by atoms with Crippen LogP contribution in [0.25, 0.3) is 0 Å². The number of aryl methyl sites for hydroxylation is 2. The lowest BCUT2D eigenvalue weighted by Gasteiger charge is -1.90. The Morgan fingerprint density at radius 1 is 0.824 bits per heavy atom. The summed E-state index contributed by atoms with van der Waals surface area (Å²) in [6.45, 7) is 3.98. The van der Waals surface area contributed by atoms with E-state index in [-0.39, 0.29) is 0 Å². The van der Waals surface area contributed by atoms with Gasteiger partial charge in [0, 0.05) is 0 Å². The van der Waals surface area contributed by atoms with Crippen LogP contribution in [0.1, 0.15) is 11.1 Å². The van der Waals surface area contributed by atoms with Crippen molar-refractivity contribution in [2.75, 3.05) is 0 Å². The molecule has 2 nitrogen and oxygen atoms in total. The van der Waals surface area contributed by atoms with Gasteiger partial charge >= 0.3 is 0 Å². The van der Waals surface area contributed by atoms with Gasteiger partial charge in [-0.3, -0.25) is 0 Å². The molecule has 0 saturated carbocycles. The summed E-state index contributed by atoms with van der Waals surface area (Å²) in [7, 11) is -2.41. The molecule has 89 valence electrons. The highest BCUT2D eigenvalue weighted by atomic mass is 32.2. The molecular weight excluding hydrogens is 232 g/mol. The predicted molar refractivity (Wildman–Crippen MR) is 69.8 cm³/mol. The van der Waals surface area contributed by atoms with Gasteiger partial charge in [0.1, 0.15) is 0 Å². The average molecular weight is 247 g/mol. The van der Waals surface area contributed by atoms with E-state index in [1.807, 2.05) is 31.2 Å². The van der Waals surface area contributed by atoms with Crippen LogP contribution in [0.5, 0.6) is 0 Å². The molecule has 0 unspecified atom stereocenters. The van der Waals surface area contributed by atoms with Crippen molar-refractivity contribution in [3.8, 4) is 0 Å². The van der Waals surface area contributed by atoms with Gasteiger partial charge in [-0.1, -0.05) is 47.5 Å². The van der Waals surface area contributed by atoms with Crippen molar-refractivity contribution >= 4 is 10.7 Å². The van der Waals surface area contributed by atoms with Crippen molar-refractivity contribution in [1.82, 2.24) is 0 Å². The number of hydrogen-bond donors (Lipinski definition) is 1. The molecule has 0 atom stereocenters. The Balaban J connectivity index is 0.000000181. The molecule has 2 aromatic rings. The van der Waals surface area contributed by atoms with Crippen molar-refractivity contribution in [2.45, 2.75) is 18.7 Å². The largest absolute Gasteiger partial charge is 0.227 e.